The second kappa shape index (κ2) is 8.49. The van der Waals surface area contributed by atoms with E-state index in [0.29, 0.717) is 23.4 Å². The van der Waals surface area contributed by atoms with E-state index in [1.54, 1.807) is 31.2 Å². The maximum atomic E-state index is 13.0. The van der Waals surface area contributed by atoms with E-state index in [2.05, 4.69) is 10.0 Å². The molecule has 1 amide bonds. The Hall–Kier alpha value is -3.12. The number of hydrogen-bond acceptors (Lipinski definition) is 3. The molecule has 0 spiro atoms. The van der Waals surface area contributed by atoms with Crippen LogP contribution >= 0.6 is 0 Å². The highest BCUT2D eigenvalue weighted by molar-refractivity contribution is 7.92. The van der Waals surface area contributed by atoms with Crippen molar-refractivity contribution in [3.05, 3.63) is 94.5 Å². The van der Waals surface area contributed by atoms with Crippen molar-refractivity contribution in [1.29, 1.82) is 0 Å². The van der Waals surface area contributed by atoms with Gasteiger partial charge in [0.25, 0.3) is 15.9 Å². The lowest BCUT2D eigenvalue weighted by atomic mass is 10.1. The lowest BCUT2D eigenvalue weighted by molar-refractivity contribution is 0.0950. The van der Waals surface area contributed by atoms with Crippen molar-refractivity contribution in [2.24, 2.45) is 0 Å². The van der Waals surface area contributed by atoms with E-state index in [1.807, 2.05) is 50.2 Å². The van der Waals surface area contributed by atoms with Crippen molar-refractivity contribution in [3.8, 4) is 0 Å². The van der Waals surface area contributed by atoms with E-state index in [9.17, 15) is 13.2 Å². The maximum absolute atomic E-state index is 13.0. The molecule has 150 valence electrons. The predicted molar refractivity (Wildman–Crippen MR) is 116 cm³/mol. The van der Waals surface area contributed by atoms with Crippen molar-refractivity contribution in [2.45, 2.75) is 32.2 Å². The van der Waals surface area contributed by atoms with Crippen LogP contribution in [-0.4, -0.2) is 14.3 Å². The molecule has 3 aromatic rings. The summed E-state index contributed by atoms with van der Waals surface area (Å²) in [6.07, 6.45) is 0. The van der Waals surface area contributed by atoms with Gasteiger partial charge in [-0.15, -0.1) is 0 Å². The van der Waals surface area contributed by atoms with Crippen LogP contribution in [0.2, 0.25) is 0 Å². The molecular formula is C23H24N2O3S. The van der Waals surface area contributed by atoms with Crippen LogP contribution in [0.4, 0.5) is 5.69 Å². The number of sulfonamides is 1. The topological polar surface area (TPSA) is 75.3 Å². The SMILES string of the molecule is Cc1cc(C)cc(NS(=O)(=O)c2cc(C(=O)NCc3ccccc3)ccc2C)c1. The van der Waals surface area contributed by atoms with Gasteiger partial charge in [-0.05, 0) is 67.3 Å². The molecule has 0 heterocycles. The number of hydrogen-bond donors (Lipinski definition) is 2. The van der Waals surface area contributed by atoms with E-state index < -0.39 is 10.0 Å². The van der Waals surface area contributed by atoms with Gasteiger partial charge < -0.3 is 5.32 Å². The van der Waals surface area contributed by atoms with E-state index in [4.69, 9.17) is 0 Å². The molecule has 0 atom stereocenters. The molecule has 0 fully saturated rings. The summed E-state index contributed by atoms with van der Waals surface area (Å²) in [5.41, 5.74) is 4.27. The Bertz CT molecular complexity index is 1120. The number of carbonyl (C=O) groups excluding carboxylic acids is 1. The number of aryl methyl sites for hydroxylation is 3. The van der Waals surface area contributed by atoms with E-state index in [1.165, 1.54) is 6.07 Å². The van der Waals surface area contributed by atoms with Crippen molar-refractivity contribution in [3.63, 3.8) is 0 Å². The molecule has 0 aliphatic carbocycles. The molecule has 0 aromatic heterocycles. The van der Waals surface area contributed by atoms with Crippen LogP contribution in [0, 0.1) is 20.8 Å². The zero-order valence-electron chi connectivity index (χ0n) is 16.7. The van der Waals surface area contributed by atoms with Gasteiger partial charge >= 0.3 is 0 Å². The third-order valence-corrected chi connectivity index (χ3v) is 6.03. The minimum absolute atomic E-state index is 0.0871. The zero-order chi connectivity index (χ0) is 21.0. The first-order chi connectivity index (χ1) is 13.7. The highest BCUT2D eigenvalue weighted by Crippen LogP contribution is 2.22. The first-order valence-electron chi connectivity index (χ1n) is 9.28. The Morgan fingerprint density at radius 1 is 0.862 bits per heavy atom. The molecule has 2 N–H and O–H groups in total. The second-order valence-electron chi connectivity index (χ2n) is 7.13. The molecule has 5 nitrogen and oxygen atoms in total. The van der Waals surface area contributed by atoms with Crippen molar-refractivity contribution >= 4 is 21.6 Å². The lowest BCUT2D eigenvalue weighted by Gasteiger charge is -2.13. The van der Waals surface area contributed by atoms with Gasteiger partial charge in [-0.2, -0.15) is 0 Å². The Morgan fingerprint density at radius 3 is 2.17 bits per heavy atom. The molecule has 0 aliphatic rings. The first-order valence-corrected chi connectivity index (χ1v) is 10.8. The molecule has 3 rings (SSSR count). The molecule has 3 aromatic carbocycles. The maximum Gasteiger partial charge on any atom is 0.262 e. The van der Waals surface area contributed by atoms with E-state index in [-0.39, 0.29) is 10.8 Å². The van der Waals surface area contributed by atoms with Crippen LogP contribution in [-0.2, 0) is 16.6 Å². The number of nitrogens with one attached hydrogen (secondary N) is 2. The normalized spacial score (nSPS) is 11.1. The molecule has 0 unspecified atom stereocenters. The van der Waals surface area contributed by atoms with E-state index >= 15 is 0 Å². The van der Waals surface area contributed by atoms with Gasteiger partial charge in [0.2, 0.25) is 0 Å². The average molecular weight is 409 g/mol. The van der Waals surface area contributed by atoms with Crippen LogP contribution < -0.4 is 10.0 Å². The third-order valence-electron chi connectivity index (χ3n) is 4.51. The molecule has 0 radical (unpaired) electrons. The van der Waals surface area contributed by atoms with Crippen LogP contribution in [0.1, 0.15) is 32.6 Å². The summed E-state index contributed by atoms with van der Waals surface area (Å²) in [5, 5.41) is 2.82. The Labute approximate surface area is 171 Å². The van der Waals surface area contributed by atoms with Gasteiger partial charge in [-0.3, -0.25) is 9.52 Å². The molecule has 0 bridgehead atoms. The number of anilines is 1. The summed E-state index contributed by atoms with van der Waals surface area (Å²) in [5.74, 6) is -0.322. The van der Waals surface area contributed by atoms with Gasteiger partial charge in [0.05, 0.1) is 4.90 Å². The van der Waals surface area contributed by atoms with Crippen LogP contribution in [0.15, 0.2) is 71.6 Å². The Kier molecular flexibility index (Phi) is 6.03. The second-order valence-corrected chi connectivity index (χ2v) is 8.78. The number of carbonyl (C=O) groups is 1. The predicted octanol–water partition coefficient (Wildman–Crippen LogP) is 4.34. The molecule has 6 heteroatoms. The van der Waals surface area contributed by atoms with Crippen molar-refractivity contribution in [2.75, 3.05) is 4.72 Å². The minimum Gasteiger partial charge on any atom is -0.348 e. The molecule has 0 saturated heterocycles. The van der Waals surface area contributed by atoms with Gasteiger partial charge in [-0.25, -0.2) is 8.42 Å². The summed E-state index contributed by atoms with van der Waals surface area (Å²) in [7, 11) is -3.83. The van der Waals surface area contributed by atoms with Gasteiger partial charge in [-0.1, -0.05) is 42.5 Å². The Balaban J connectivity index is 1.82. The monoisotopic (exact) mass is 408 g/mol. The van der Waals surface area contributed by atoms with Gasteiger partial charge in [0.15, 0.2) is 0 Å². The summed E-state index contributed by atoms with van der Waals surface area (Å²) >= 11 is 0. The van der Waals surface area contributed by atoms with Crippen molar-refractivity contribution in [1.82, 2.24) is 5.32 Å². The van der Waals surface area contributed by atoms with Crippen LogP contribution in [0.5, 0.6) is 0 Å². The fraction of sp³-hybridized carbons (Fsp3) is 0.174. The smallest absolute Gasteiger partial charge is 0.262 e. The van der Waals surface area contributed by atoms with Crippen LogP contribution in [0.25, 0.3) is 0 Å². The Morgan fingerprint density at radius 2 is 1.52 bits per heavy atom. The number of benzene rings is 3. The molecule has 0 aliphatic heterocycles. The summed E-state index contributed by atoms with van der Waals surface area (Å²) in [4.78, 5) is 12.6. The van der Waals surface area contributed by atoms with Crippen LogP contribution in [0.3, 0.4) is 0 Å². The molecule has 0 saturated carbocycles. The van der Waals surface area contributed by atoms with Crippen molar-refractivity contribution < 1.29 is 13.2 Å². The summed E-state index contributed by atoms with van der Waals surface area (Å²) in [6, 6.07) is 19.8. The largest absolute Gasteiger partial charge is 0.348 e. The third kappa shape index (κ3) is 5.23. The minimum atomic E-state index is -3.83. The summed E-state index contributed by atoms with van der Waals surface area (Å²) in [6.45, 7) is 5.90. The quantitative estimate of drug-likeness (QED) is 0.637. The summed E-state index contributed by atoms with van der Waals surface area (Å²) < 4.78 is 28.5. The lowest BCUT2D eigenvalue weighted by Crippen LogP contribution is -2.23. The first kappa shape index (κ1) is 20.6. The molecule has 29 heavy (non-hydrogen) atoms. The molecular weight excluding hydrogens is 384 g/mol. The highest BCUT2D eigenvalue weighted by Gasteiger charge is 2.19. The average Bonchev–Trinajstić information content (AvgIpc) is 2.66. The van der Waals surface area contributed by atoms with Gasteiger partial charge in [0, 0.05) is 17.8 Å². The van der Waals surface area contributed by atoms with E-state index in [0.717, 1.165) is 16.7 Å². The number of amides is 1. The fourth-order valence-corrected chi connectivity index (χ4v) is 4.47. The number of rotatable bonds is 6. The standard InChI is InChI=1S/C23H24N2O3S/c1-16-11-17(2)13-21(12-16)25-29(27,28)22-14-20(10-9-18(22)3)23(26)24-15-19-7-5-4-6-8-19/h4-14,25H,15H2,1-3H3,(H,24,26). The highest BCUT2D eigenvalue weighted by atomic mass is 32.2. The van der Waals surface area contributed by atoms with Gasteiger partial charge in [0.1, 0.15) is 0 Å². The fourth-order valence-electron chi connectivity index (χ4n) is 3.15. The zero-order valence-corrected chi connectivity index (χ0v) is 17.5.